The standard InChI is InChI=1S/2C2H5.Ag.HI/c2*1-2;;/h2*1H2,2H3;;1H/q2*-1;;. The van der Waals surface area contributed by atoms with E-state index >= 15 is 0 Å². The first-order valence-electron chi connectivity index (χ1n) is 1.41. The van der Waals surface area contributed by atoms with Crippen molar-refractivity contribution in [3.05, 3.63) is 13.8 Å². The SMILES string of the molecule is I.[Ag].[CH2-]C.[CH2-]C. The maximum atomic E-state index is 3.25. The van der Waals surface area contributed by atoms with Gasteiger partial charge in [-0.05, 0) is 0 Å². The molecule has 0 atom stereocenters. The minimum absolute atomic E-state index is 0. The predicted molar refractivity (Wildman–Crippen MR) is 37.5 cm³/mol. The van der Waals surface area contributed by atoms with Gasteiger partial charge in [-0.2, -0.15) is 13.8 Å². The minimum atomic E-state index is 0. The molecule has 0 aliphatic carbocycles. The van der Waals surface area contributed by atoms with Gasteiger partial charge in [0, 0.05) is 22.4 Å². The van der Waals surface area contributed by atoms with E-state index in [1.807, 2.05) is 0 Å². The van der Waals surface area contributed by atoms with Crippen LogP contribution in [0.4, 0.5) is 0 Å². The Bertz CT molecular complexity index is 7.51. The van der Waals surface area contributed by atoms with E-state index in [9.17, 15) is 0 Å². The fraction of sp³-hybridized carbons (Fsp3) is 0.500. The Labute approximate surface area is 73.6 Å². The summed E-state index contributed by atoms with van der Waals surface area (Å²) in [7, 11) is 0. The van der Waals surface area contributed by atoms with Crippen LogP contribution in [0.25, 0.3) is 0 Å². The molecular weight excluding hydrogens is 283 g/mol. The van der Waals surface area contributed by atoms with Crippen molar-refractivity contribution in [2.24, 2.45) is 0 Å². The van der Waals surface area contributed by atoms with Gasteiger partial charge in [0.05, 0.1) is 0 Å². The van der Waals surface area contributed by atoms with Gasteiger partial charge in [-0.25, -0.2) is 0 Å². The summed E-state index contributed by atoms with van der Waals surface area (Å²) < 4.78 is 0. The zero-order valence-electron chi connectivity index (χ0n) is 4.12. The van der Waals surface area contributed by atoms with Crippen molar-refractivity contribution in [2.75, 3.05) is 0 Å². The van der Waals surface area contributed by atoms with Gasteiger partial charge in [0.2, 0.25) is 0 Å². The first-order chi connectivity index (χ1) is 2.00. The Balaban J connectivity index is -0.00000000500. The molecule has 0 rings (SSSR count). The van der Waals surface area contributed by atoms with Gasteiger partial charge in [0.15, 0.2) is 0 Å². The van der Waals surface area contributed by atoms with Crippen molar-refractivity contribution < 1.29 is 22.4 Å². The normalized spacial score (nSPS) is 2.00. The van der Waals surface area contributed by atoms with Crippen LogP contribution in [0.5, 0.6) is 0 Å². The number of halogens is 1. The third kappa shape index (κ3) is 50.6. The molecule has 0 spiro atoms. The van der Waals surface area contributed by atoms with Gasteiger partial charge in [-0.1, -0.05) is 0 Å². The molecule has 0 saturated heterocycles. The second-order valence-corrected chi connectivity index (χ2v) is 0. The van der Waals surface area contributed by atoms with Crippen LogP contribution >= 0.6 is 24.0 Å². The van der Waals surface area contributed by atoms with Gasteiger partial charge in [0.1, 0.15) is 0 Å². The van der Waals surface area contributed by atoms with Crippen LogP contribution in [0.2, 0.25) is 0 Å². The first-order valence-corrected chi connectivity index (χ1v) is 1.41. The molecule has 0 nitrogen and oxygen atoms in total. The summed E-state index contributed by atoms with van der Waals surface area (Å²) in [4.78, 5) is 0. The molecule has 0 bridgehead atoms. The summed E-state index contributed by atoms with van der Waals surface area (Å²) in [6.07, 6.45) is 0. The topological polar surface area (TPSA) is 0 Å². The molecule has 0 saturated carbocycles. The van der Waals surface area contributed by atoms with Crippen molar-refractivity contribution >= 4 is 24.0 Å². The first kappa shape index (κ1) is 26.0. The van der Waals surface area contributed by atoms with E-state index in [4.69, 9.17) is 0 Å². The molecule has 0 N–H and O–H groups in total. The van der Waals surface area contributed by atoms with Gasteiger partial charge in [-0.15, -0.1) is 24.0 Å². The van der Waals surface area contributed by atoms with E-state index in [0.29, 0.717) is 0 Å². The molecular formula is C4H11AgI-2. The van der Waals surface area contributed by atoms with Crippen LogP contribution in [-0.4, -0.2) is 0 Å². The smallest absolute Gasteiger partial charge is 0 e. The number of hydrogen-bond acceptors (Lipinski definition) is 0. The molecule has 47 valence electrons. The van der Waals surface area contributed by atoms with Crippen LogP contribution < -0.4 is 0 Å². The van der Waals surface area contributed by atoms with Crippen molar-refractivity contribution in [1.29, 1.82) is 0 Å². The second-order valence-electron chi connectivity index (χ2n) is 0. The minimum Gasteiger partial charge on any atom is -0.346 e. The van der Waals surface area contributed by atoms with E-state index in [1.54, 1.807) is 13.8 Å². The van der Waals surface area contributed by atoms with Crippen molar-refractivity contribution in [2.45, 2.75) is 13.8 Å². The molecule has 0 aliphatic rings. The molecule has 0 fully saturated rings. The molecule has 0 heterocycles. The summed E-state index contributed by atoms with van der Waals surface area (Å²) >= 11 is 0. The van der Waals surface area contributed by atoms with Gasteiger partial charge >= 0.3 is 0 Å². The quantitative estimate of drug-likeness (QED) is 0.365. The Hall–Kier alpha value is 1.47. The number of rotatable bonds is 0. The molecule has 0 aromatic carbocycles. The molecule has 0 aromatic rings. The Morgan fingerprint density at radius 1 is 0.833 bits per heavy atom. The monoisotopic (exact) mass is 293 g/mol. The Morgan fingerprint density at radius 3 is 0.833 bits per heavy atom. The molecule has 6 heavy (non-hydrogen) atoms. The van der Waals surface area contributed by atoms with E-state index in [2.05, 4.69) is 13.8 Å². The largest absolute Gasteiger partial charge is 0.346 e. The van der Waals surface area contributed by atoms with E-state index in [1.165, 1.54) is 0 Å². The zero-order chi connectivity index (χ0) is 4.00. The third-order valence-electron chi connectivity index (χ3n) is 0. The van der Waals surface area contributed by atoms with Crippen LogP contribution in [0, 0.1) is 13.8 Å². The average molecular weight is 294 g/mol. The van der Waals surface area contributed by atoms with Gasteiger partial charge in [0.25, 0.3) is 0 Å². The van der Waals surface area contributed by atoms with Crippen LogP contribution in [0.1, 0.15) is 13.8 Å². The fourth-order valence-corrected chi connectivity index (χ4v) is 0. The molecule has 0 aliphatic heterocycles. The van der Waals surface area contributed by atoms with Crippen molar-refractivity contribution in [1.82, 2.24) is 0 Å². The van der Waals surface area contributed by atoms with E-state index < -0.39 is 0 Å². The maximum absolute atomic E-state index is 3.25. The van der Waals surface area contributed by atoms with E-state index in [-0.39, 0.29) is 46.4 Å². The summed E-state index contributed by atoms with van der Waals surface area (Å²) in [5, 5.41) is 0. The Morgan fingerprint density at radius 2 is 0.833 bits per heavy atom. The van der Waals surface area contributed by atoms with Crippen molar-refractivity contribution in [3.8, 4) is 0 Å². The van der Waals surface area contributed by atoms with Gasteiger partial charge in [-0.3, -0.25) is 0 Å². The molecule has 0 aromatic heterocycles. The van der Waals surface area contributed by atoms with E-state index in [0.717, 1.165) is 0 Å². The molecule has 0 amide bonds. The predicted octanol–water partition coefficient (Wildman–Crippen LogP) is 2.30. The molecule has 2 heteroatoms. The van der Waals surface area contributed by atoms with Crippen molar-refractivity contribution in [3.63, 3.8) is 0 Å². The third-order valence-corrected chi connectivity index (χ3v) is 0. The maximum Gasteiger partial charge on any atom is 0 e. The average Bonchev–Trinajstić information content (AvgIpc) is 1.50. The number of hydrogen-bond donors (Lipinski definition) is 0. The van der Waals surface area contributed by atoms with Crippen LogP contribution in [0.15, 0.2) is 0 Å². The Kier molecular flexibility index (Phi) is 388. The molecule has 0 unspecified atom stereocenters. The molecule has 1 radical (unpaired) electrons. The summed E-state index contributed by atoms with van der Waals surface area (Å²) in [5.74, 6) is 0. The van der Waals surface area contributed by atoms with Crippen LogP contribution in [-0.2, 0) is 22.4 Å². The summed E-state index contributed by atoms with van der Waals surface area (Å²) in [6, 6.07) is 0. The second kappa shape index (κ2) is 89.6. The summed E-state index contributed by atoms with van der Waals surface area (Å²) in [6.45, 7) is 10.0. The fourth-order valence-electron chi connectivity index (χ4n) is 0. The van der Waals surface area contributed by atoms with Gasteiger partial charge < -0.3 is 13.8 Å². The summed E-state index contributed by atoms with van der Waals surface area (Å²) in [5.41, 5.74) is 0. The van der Waals surface area contributed by atoms with Crippen LogP contribution in [0.3, 0.4) is 0 Å². The zero-order valence-corrected chi connectivity index (χ0v) is 7.94.